The van der Waals surface area contributed by atoms with Gasteiger partial charge in [0, 0.05) is 17.6 Å². The third kappa shape index (κ3) is 2.49. The molecule has 4 nitrogen and oxygen atoms in total. The van der Waals surface area contributed by atoms with E-state index in [9.17, 15) is 5.26 Å². The van der Waals surface area contributed by atoms with Crippen LogP contribution < -0.4 is 0 Å². The molecule has 4 heteroatoms. The molecule has 0 spiro atoms. The van der Waals surface area contributed by atoms with Gasteiger partial charge in [-0.05, 0) is 42.5 Å². The molecule has 24 heavy (non-hydrogen) atoms. The zero-order chi connectivity index (χ0) is 16.4. The molecule has 4 rings (SSSR count). The number of nitriles is 1. The number of hydrogen-bond acceptors (Lipinski definition) is 2. The maximum absolute atomic E-state index is 9.58. The van der Waals surface area contributed by atoms with Gasteiger partial charge in [0.05, 0.1) is 16.6 Å². The first kappa shape index (κ1) is 14.0. The zero-order valence-electron chi connectivity index (χ0n) is 12.8. The summed E-state index contributed by atoms with van der Waals surface area (Å²) in [4.78, 5) is 7.72. The van der Waals surface area contributed by atoms with Crippen molar-refractivity contribution in [3.05, 3.63) is 84.4 Å². The van der Waals surface area contributed by atoms with Crippen LogP contribution >= 0.6 is 0 Å². The topological polar surface area (TPSA) is 57.4 Å². The molecule has 0 amide bonds. The Bertz CT molecular complexity index is 1030. The van der Waals surface area contributed by atoms with Crippen LogP contribution in [0.15, 0.2) is 72.9 Å². The molecule has 2 aromatic carbocycles. The second-order valence-electron chi connectivity index (χ2n) is 5.41. The molecule has 114 valence electrons. The fourth-order valence-electron chi connectivity index (χ4n) is 2.72. The predicted molar refractivity (Wildman–Crippen MR) is 95.3 cm³/mol. The molecule has 0 aliphatic heterocycles. The number of aromatic amines is 1. The van der Waals surface area contributed by atoms with E-state index in [1.807, 2.05) is 83.6 Å². The minimum atomic E-state index is 0.502. The molecule has 1 N–H and O–H groups in total. The van der Waals surface area contributed by atoms with Crippen molar-refractivity contribution in [3.63, 3.8) is 0 Å². The lowest BCUT2D eigenvalue weighted by Gasteiger charge is -2.06. The van der Waals surface area contributed by atoms with E-state index in [2.05, 4.69) is 16.0 Å². The second kappa shape index (κ2) is 5.90. The summed E-state index contributed by atoms with van der Waals surface area (Å²) in [5.74, 6) is 0.583. The summed E-state index contributed by atoms with van der Waals surface area (Å²) in [6, 6.07) is 24.0. The number of para-hydroxylation sites is 3. The number of allylic oxidation sites excluding steroid dienone is 1. The van der Waals surface area contributed by atoms with E-state index in [-0.39, 0.29) is 0 Å². The van der Waals surface area contributed by atoms with Crippen LogP contribution in [0.4, 0.5) is 0 Å². The average molecular weight is 310 g/mol. The SMILES string of the molecule is N#C/C(=C\c1cccn1-c1ccccc1)c1nc2ccccc2[nH]1. The monoisotopic (exact) mass is 310 g/mol. The van der Waals surface area contributed by atoms with Crippen molar-refractivity contribution in [3.8, 4) is 11.8 Å². The highest BCUT2D eigenvalue weighted by atomic mass is 15.0. The van der Waals surface area contributed by atoms with Crippen molar-refractivity contribution < 1.29 is 0 Å². The van der Waals surface area contributed by atoms with E-state index in [1.165, 1.54) is 0 Å². The predicted octanol–water partition coefficient (Wildman–Crippen LogP) is 4.42. The summed E-state index contributed by atoms with van der Waals surface area (Å²) >= 11 is 0. The molecule has 2 heterocycles. The third-order valence-corrected chi connectivity index (χ3v) is 3.87. The Balaban J connectivity index is 1.79. The lowest BCUT2D eigenvalue weighted by Crippen LogP contribution is -1.95. The molecular weight excluding hydrogens is 296 g/mol. The van der Waals surface area contributed by atoms with Gasteiger partial charge in [-0.1, -0.05) is 30.3 Å². The van der Waals surface area contributed by atoms with Crippen LogP contribution in [0.3, 0.4) is 0 Å². The lowest BCUT2D eigenvalue weighted by molar-refractivity contribution is 1.06. The summed E-state index contributed by atoms with van der Waals surface area (Å²) in [6.07, 6.45) is 3.83. The van der Waals surface area contributed by atoms with Crippen LogP contribution in [-0.2, 0) is 0 Å². The Labute approximate surface area is 139 Å². The van der Waals surface area contributed by atoms with Gasteiger partial charge in [-0.15, -0.1) is 0 Å². The molecule has 0 radical (unpaired) electrons. The van der Waals surface area contributed by atoms with Gasteiger partial charge in [0.2, 0.25) is 0 Å². The van der Waals surface area contributed by atoms with Gasteiger partial charge in [0.15, 0.2) is 0 Å². The number of fused-ring (bicyclic) bond motifs is 1. The molecule has 0 aliphatic carbocycles. The minimum absolute atomic E-state index is 0.502. The molecule has 0 atom stereocenters. The largest absolute Gasteiger partial charge is 0.337 e. The van der Waals surface area contributed by atoms with Gasteiger partial charge in [-0.25, -0.2) is 4.98 Å². The number of benzene rings is 2. The minimum Gasteiger partial charge on any atom is -0.337 e. The Morgan fingerprint density at radius 1 is 1.00 bits per heavy atom. The van der Waals surface area contributed by atoms with Crippen molar-refractivity contribution in [2.75, 3.05) is 0 Å². The number of nitrogens with zero attached hydrogens (tertiary/aromatic N) is 3. The summed E-state index contributed by atoms with van der Waals surface area (Å²) in [6.45, 7) is 0. The van der Waals surface area contributed by atoms with Gasteiger partial charge in [-0.3, -0.25) is 0 Å². The summed E-state index contributed by atoms with van der Waals surface area (Å²) in [5, 5.41) is 9.58. The molecular formula is C20H14N4. The fraction of sp³-hybridized carbons (Fsp3) is 0. The molecule has 4 aromatic rings. The Kier molecular flexibility index (Phi) is 3.45. The first-order chi connectivity index (χ1) is 11.8. The van der Waals surface area contributed by atoms with Crippen LogP contribution in [0.1, 0.15) is 11.5 Å². The molecule has 0 saturated heterocycles. The van der Waals surface area contributed by atoms with E-state index >= 15 is 0 Å². The van der Waals surface area contributed by atoms with Crippen LogP contribution in [-0.4, -0.2) is 14.5 Å². The van der Waals surface area contributed by atoms with Crippen molar-refractivity contribution in [2.45, 2.75) is 0 Å². The number of rotatable bonds is 3. The van der Waals surface area contributed by atoms with E-state index in [0.29, 0.717) is 11.4 Å². The van der Waals surface area contributed by atoms with Gasteiger partial charge >= 0.3 is 0 Å². The number of nitrogens with one attached hydrogen (secondary N) is 1. The molecule has 0 aliphatic rings. The molecule has 0 fully saturated rings. The first-order valence-corrected chi connectivity index (χ1v) is 7.65. The van der Waals surface area contributed by atoms with E-state index in [1.54, 1.807) is 0 Å². The smallest absolute Gasteiger partial charge is 0.149 e. The van der Waals surface area contributed by atoms with Crippen molar-refractivity contribution in [2.24, 2.45) is 0 Å². The highest BCUT2D eigenvalue weighted by molar-refractivity contribution is 5.90. The Morgan fingerprint density at radius 2 is 1.79 bits per heavy atom. The van der Waals surface area contributed by atoms with Gasteiger partial charge in [0.25, 0.3) is 0 Å². The summed E-state index contributed by atoms with van der Waals surface area (Å²) < 4.78 is 2.04. The number of hydrogen-bond donors (Lipinski definition) is 1. The maximum atomic E-state index is 9.58. The quantitative estimate of drug-likeness (QED) is 0.569. The highest BCUT2D eigenvalue weighted by Crippen LogP contribution is 2.21. The van der Waals surface area contributed by atoms with Crippen LogP contribution in [0.5, 0.6) is 0 Å². The fourth-order valence-corrected chi connectivity index (χ4v) is 2.72. The normalized spacial score (nSPS) is 11.5. The van der Waals surface area contributed by atoms with Crippen LogP contribution in [0.2, 0.25) is 0 Å². The molecule has 0 saturated carbocycles. The Morgan fingerprint density at radius 3 is 2.58 bits per heavy atom. The van der Waals surface area contributed by atoms with Crippen molar-refractivity contribution in [1.82, 2.24) is 14.5 Å². The highest BCUT2D eigenvalue weighted by Gasteiger charge is 2.09. The standard InChI is InChI=1S/C20H14N4/c21-14-15(20-22-18-10-4-5-11-19(18)23-20)13-17-9-6-12-24(17)16-7-2-1-3-8-16/h1-13H,(H,22,23)/b15-13+. The third-order valence-electron chi connectivity index (χ3n) is 3.87. The van der Waals surface area contributed by atoms with Crippen molar-refractivity contribution in [1.29, 1.82) is 5.26 Å². The summed E-state index contributed by atoms with van der Waals surface area (Å²) in [7, 11) is 0. The van der Waals surface area contributed by atoms with Crippen molar-refractivity contribution >= 4 is 22.7 Å². The first-order valence-electron chi connectivity index (χ1n) is 7.65. The van der Waals surface area contributed by atoms with E-state index in [0.717, 1.165) is 22.4 Å². The summed E-state index contributed by atoms with van der Waals surface area (Å²) in [5.41, 5.74) is 4.26. The molecule has 2 aromatic heterocycles. The zero-order valence-corrected chi connectivity index (χ0v) is 12.8. The van der Waals surface area contributed by atoms with Crippen LogP contribution in [0.25, 0.3) is 28.4 Å². The second-order valence-corrected chi connectivity index (χ2v) is 5.41. The molecule has 0 unspecified atom stereocenters. The lowest BCUT2D eigenvalue weighted by atomic mass is 10.2. The average Bonchev–Trinajstić information content (AvgIpc) is 3.26. The number of aromatic nitrogens is 3. The van der Waals surface area contributed by atoms with Gasteiger partial charge in [-0.2, -0.15) is 5.26 Å². The number of imidazole rings is 1. The van der Waals surface area contributed by atoms with Gasteiger partial charge < -0.3 is 9.55 Å². The Hall–Kier alpha value is -3.58. The van der Waals surface area contributed by atoms with E-state index in [4.69, 9.17) is 0 Å². The van der Waals surface area contributed by atoms with E-state index < -0.39 is 0 Å². The van der Waals surface area contributed by atoms with Crippen LogP contribution in [0, 0.1) is 11.3 Å². The van der Waals surface area contributed by atoms with Gasteiger partial charge in [0.1, 0.15) is 11.9 Å². The maximum Gasteiger partial charge on any atom is 0.149 e. The number of H-pyrrole nitrogens is 1. The molecule has 0 bridgehead atoms.